The molecule has 0 unspecified atom stereocenters. The SMILES string of the molecule is CCc1sc2ncn(CC(=O)NCc3ccco3)c(=O)c2c1-c1ccc(Br)cc1. The highest BCUT2D eigenvalue weighted by Crippen LogP contribution is 2.36. The number of thiophene rings is 1. The summed E-state index contributed by atoms with van der Waals surface area (Å²) in [6, 6.07) is 11.4. The molecule has 0 spiro atoms. The molecular formula is C21H18BrN3O3S. The fourth-order valence-corrected chi connectivity index (χ4v) is 4.52. The number of hydrogen-bond acceptors (Lipinski definition) is 5. The molecule has 1 aromatic carbocycles. The largest absolute Gasteiger partial charge is 0.467 e. The van der Waals surface area contributed by atoms with Crippen LogP contribution in [0.3, 0.4) is 0 Å². The Morgan fingerprint density at radius 2 is 2.07 bits per heavy atom. The molecule has 4 aromatic rings. The van der Waals surface area contributed by atoms with Crippen LogP contribution in [0.4, 0.5) is 0 Å². The van der Waals surface area contributed by atoms with E-state index in [0.29, 0.717) is 16.0 Å². The number of benzene rings is 1. The van der Waals surface area contributed by atoms with Gasteiger partial charge in [-0.3, -0.25) is 14.2 Å². The molecule has 0 radical (unpaired) electrons. The van der Waals surface area contributed by atoms with Crippen LogP contribution in [-0.2, 0) is 24.3 Å². The third-order valence-electron chi connectivity index (χ3n) is 4.56. The number of aromatic nitrogens is 2. The lowest BCUT2D eigenvalue weighted by molar-refractivity contribution is -0.122. The first-order valence-corrected chi connectivity index (χ1v) is 10.7. The van der Waals surface area contributed by atoms with Crippen molar-refractivity contribution in [3.05, 3.63) is 74.5 Å². The van der Waals surface area contributed by atoms with Gasteiger partial charge in [-0.1, -0.05) is 35.0 Å². The molecule has 0 aliphatic carbocycles. The number of carbonyl (C=O) groups excluding carboxylic acids is 1. The maximum Gasteiger partial charge on any atom is 0.263 e. The summed E-state index contributed by atoms with van der Waals surface area (Å²) in [4.78, 5) is 31.8. The second-order valence-electron chi connectivity index (χ2n) is 6.47. The first kappa shape index (κ1) is 19.6. The molecule has 148 valence electrons. The van der Waals surface area contributed by atoms with E-state index in [1.807, 2.05) is 24.3 Å². The van der Waals surface area contributed by atoms with E-state index >= 15 is 0 Å². The number of aryl methyl sites for hydroxylation is 1. The number of nitrogens with one attached hydrogen (secondary N) is 1. The quantitative estimate of drug-likeness (QED) is 0.453. The summed E-state index contributed by atoms with van der Waals surface area (Å²) in [6.07, 6.45) is 3.79. The van der Waals surface area contributed by atoms with Crippen molar-refractivity contribution in [2.24, 2.45) is 0 Å². The first-order chi connectivity index (χ1) is 14.1. The number of furan rings is 1. The number of amides is 1. The fraction of sp³-hybridized carbons (Fsp3) is 0.190. The maximum atomic E-state index is 13.2. The van der Waals surface area contributed by atoms with Gasteiger partial charge >= 0.3 is 0 Å². The summed E-state index contributed by atoms with van der Waals surface area (Å²) < 4.78 is 7.54. The molecule has 0 aliphatic heterocycles. The van der Waals surface area contributed by atoms with Crippen molar-refractivity contribution in [1.82, 2.24) is 14.9 Å². The van der Waals surface area contributed by atoms with Gasteiger partial charge in [0.15, 0.2) is 0 Å². The van der Waals surface area contributed by atoms with E-state index in [2.05, 4.69) is 33.2 Å². The van der Waals surface area contributed by atoms with Crippen LogP contribution in [0.2, 0.25) is 0 Å². The molecule has 0 fully saturated rings. The van der Waals surface area contributed by atoms with Crippen molar-refractivity contribution in [2.75, 3.05) is 0 Å². The Hall–Kier alpha value is -2.71. The summed E-state index contributed by atoms with van der Waals surface area (Å²) in [6.45, 7) is 2.24. The Bertz CT molecular complexity index is 1210. The van der Waals surface area contributed by atoms with E-state index in [9.17, 15) is 9.59 Å². The minimum Gasteiger partial charge on any atom is -0.467 e. The van der Waals surface area contributed by atoms with Crippen molar-refractivity contribution in [1.29, 1.82) is 0 Å². The average molecular weight is 472 g/mol. The van der Waals surface area contributed by atoms with Crippen molar-refractivity contribution >= 4 is 43.4 Å². The predicted octanol–water partition coefficient (Wildman–Crippen LogP) is 4.36. The first-order valence-electron chi connectivity index (χ1n) is 9.12. The molecule has 8 heteroatoms. The summed E-state index contributed by atoms with van der Waals surface area (Å²) >= 11 is 4.97. The van der Waals surface area contributed by atoms with E-state index in [1.165, 1.54) is 22.2 Å². The van der Waals surface area contributed by atoms with Crippen LogP contribution < -0.4 is 10.9 Å². The highest BCUT2D eigenvalue weighted by atomic mass is 79.9. The number of halogens is 1. The maximum absolute atomic E-state index is 13.2. The molecule has 3 aromatic heterocycles. The molecule has 0 atom stereocenters. The number of rotatable bonds is 6. The standard InChI is InChI=1S/C21H18BrN3O3S/c1-2-16-18(13-5-7-14(22)8-6-13)19-20(29-16)24-12-25(21(19)27)11-17(26)23-10-15-4-3-9-28-15/h3-9,12H,2,10-11H2,1H3,(H,23,26). The highest BCUT2D eigenvalue weighted by molar-refractivity contribution is 9.10. The molecule has 0 saturated heterocycles. The smallest absolute Gasteiger partial charge is 0.263 e. The van der Waals surface area contributed by atoms with Crippen LogP contribution >= 0.6 is 27.3 Å². The summed E-state index contributed by atoms with van der Waals surface area (Å²) in [5.74, 6) is 0.378. The summed E-state index contributed by atoms with van der Waals surface area (Å²) in [5, 5.41) is 3.32. The average Bonchev–Trinajstić information content (AvgIpc) is 3.37. The fourth-order valence-electron chi connectivity index (χ4n) is 3.17. The molecular weight excluding hydrogens is 454 g/mol. The molecule has 29 heavy (non-hydrogen) atoms. The Morgan fingerprint density at radius 1 is 1.28 bits per heavy atom. The minimum absolute atomic E-state index is 0.0977. The van der Waals surface area contributed by atoms with Gasteiger partial charge in [0.05, 0.1) is 24.5 Å². The lowest BCUT2D eigenvalue weighted by Gasteiger charge is -2.07. The van der Waals surface area contributed by atoms with Crippen LogP contribution in [0.25, 0.3) is 21.3 Å². The topological polar surface area (TPSA) is 77.1 Å². The molecule has 3 heterocycles. The molecule has 1 N–H and O–H groups in total. The van der Waals surface area contributed by atoms with Gasteiger partial charge < -0.3 is 9.73 Å². The zero-order chi connectivity index (χ0) is 20.4. The van der Waals surface area contributed by atoms with E-state index in [4.69, 9.17) is 4.42 Å². The summed E-state index contributed by atoms with van der Waals surface area (Å²) in [7, 11) is 0. The number of nitrogens with zero attached hydrogens (tertiary/aromatic N) is 2. The van der Waals surface area contributed by atoms with Crippen molar-refractivity contribution in [2.45, 2.75) is 26.4 Å². The van der Waals surface area contributed by atoms with Crippen molar-refractivity contribution in [3.8, 4) is 11.1 Å². The monoisotopic (exact) mass is 471 g/mol. The Labute approximate surface area is 179 Å². The van der Waals surface area contributed by atoms with Gasteiger partial charge in [-0.05, 0) is 36.2 Å². The molecule has 0 aliphatic rings. The lowest BCUT2D eigenvalue weighted by atomic mass is 10.0. The molecule has 1 amide bonds. The zero-order valence-electron chi connectivity index (χ0n) is 15.6. The van der Waals surface area contributed by atoms with Gasteiger partial charge in [-0.25, -0.2) is 4.98 Å². The lowest BCUT2D eigenvalue weighted by Crippen LogP contribution is -2.32. The Morgan fingerprint density at radius 3 is 2.76 bits per heavy atom. The van der Waals surface area contributed by atoms with Gasteiger partial charge in [0.2, 0.25) is 5.91 Å². The van der Waals surface area contributed by atoms with Crippen LogP contribution in [0.15, 0.2) is 62.7 Å². The summed E-state index contributed by atoms with van der Waals surface area (Å²) in [5.41, 5.74) is 1.66. The minimum atomic E-state index is -0.277. The van der Waals surface area contributed by atoms with Gasteiger partial charge in [0, 0.05) is 14.9 Å². The zero-order valence-corrected chi connectivity index (χ0v) is 18.0. The van der Waals surface area contributed by atoms with E-state index < -0.39 is 0 Å². The number of fused-ring (bicyclic) bond motifs is 1. The molecule has 0 bridgehead atoms. The second kappa shape index (κ2) is 8.34. The van der Waals surface area contributed by atoms with E-state index in [1.54, 1.807) is 18.4 Å². The van der Waals surface area contributed by atoms with Crippen LogP contribution in [0, 0.1) is 0 Å². The Kier molecular flexibility index (Phi) is 5.64. The second-order valence-corrected chi connectivity index (χ2v) is 8.47. The third kappa shape index (κ3) is 4.04. The van der Waals surface area contributed by atoms with Gasteiger partial charge in [0.25, 0.3) is 5.56 Å². The van der Waals surface area contributed by atoms with Crippen LogP contribution in [0.5, 0.6) is 0 Å². The molecule has 4 rings (SSSR count). The van der Waals surface area contributed by atoms with Crippen molar-refractivity contribution < 1.29 is 9.21 Å². The Balaban J connectivity index is 1.69. The molecule has 6 nitrogen and oxygen atoms in total. The third-order valence-corrected chi connectivity index (χ3v) is 6.33. The number of carbonyl (C=O) groups is 1. The van der Waals surface area contributed by atoms with E-state index in [0.717, 1.165) is 26.9 Å². The number of hydrogen-bond donors (Lipinski definition) is 1. The van der Waals surface area contributed by atoms with E-state index in [-0.39, 0.29) is 24.6 Å². The highest BCUT2D eigenvalue weighted by Gasteiger charge is 2.19. The predicted molar refractivity (Wildman–Crippen MR) is 117 cm³/mol. The van der Waals surface area contributed by atoms with Gasteiger partial charge in [-0.2, -0.15) is 0 Å². The normalized spacial score (nSPS) is 11.1. The van der Waals surface area contributed by atoms with Crippen LogP contribution in [-0.4, -0.2) is 15.5 Å². The van der Waals surface area contributed by atoms with Crippen LogP contribution in [0.1, 0.15) is 17.6 Å². The van der Waals surface area contributed by atoms with Crippen molar-refractivity contribution in [3.63, 3.8) is 0 Å². The van der Waals surface area contributed by atoms with Gasteiger partial charge in [0.1, 0.15) is 17.1 Å². The molecule has 0 saturated carbocycles. The van der Waals surface area contributed by atoms with Gasteiger partial charge in [-0.15, -0.1) is 11.3 Å².